The van der Waals surface area contributed by atoms with Crippen molar-refractivity contribution < 1.29 is 52.4 Å². The van der Waals surface area contributed by atoms with Crippen LogP contribution in [0, 0.1) is 0 Å². The molecule has 2 aromatic rings. The molecule has 0 saturated heterocycles. The van der Waals surface area contributed by atoms with Gasteiger partial charge >= 0.3 is 29.8 Å². The number of rotatable bonds is 6. The highest BCUT2D eigenvalue weighted by Gasteiger charge is 2.37. The van der Waals surface area contributed by atoms with E-state index in [9.17, 15) is 24.0 Å². The molecule has 11 heteroatoms. The zero-order valence-corrected chi connectivity index (χ0v) is 20.2. The van der Waals surface area contributed by atoms with E-state index in [0.29, 0.717) is 11.1 Å². The Hall–Kier alpha value is -4.41. The summed E-state index contributed by atoms with van der Waals surface area (Å²) in [6.45, 7) is 6.04. The molecule has 0 saturated carbocycles. The summed E-state index contributed by atoms with van der Waals surface area (Å²) >= 11 is 0. The summed E-state index contributed by atoms with van der Waals surface area (Å²) in [5.74, 6) is -2.72. The maximum Gasteiger partial charge on any atom is 0.308 e. The maximum absolute atomic E-state index is 11.9. The van der Waals surface area contributed by atoms with E-state index in [-0.39, 0.29) is 35.2 Å². The van der Waals surface area contributed by atoms with Crippen LogP contribution in [0.1, 0.15) is 51.8 Å². The Bertz CT molecular complexity index is 1230. The van der Waals surface area contributed by atoms with Crippen LogP contribution in [0.25, 0.3) is 0 Å². The normalized spacial score (nSPS) is 16.0. The molecule has 1 aliphatic heterocycles. The van der Waals surface area contributed by atoms with Crippen molar-refractivity contribution in [2.75, 3.05) is 0 Å². The highest BCUT2D eigenvalue weighted by molar-refractivity contribution is 5.74. The fourth-order valence-corrected chi connectivity index (χ4v) is 3.67. The molecule has 190 valence electrons. The minimum Gasteiger partial charge on any atom is -0.481 e. The van der Waals surface area contributed by atoms with E-state index in [2.05, 4.69) is 0 Å². The molecule has 1 heterocycles. The number of carbonyl (C=O) groups excluding carboxylic acids is 5. The number of carbonyl (C=O) groups is 5. The first-order valence-electron chi connectivity index (χ1n) is 10.8. The van der Waals surface area contributed by atoms with Crippen molar-refractivity contribution in [2.24, 2.45) is 0 Å². The molecule has 1 unspecified atom stereocenters. The summed E-state index contributed by atoms with van der Waals surface area (Å²) in [6.07, 6.45) is -1.72. The molecule has 0 spiro atoms. The summed E-state index contributed by atoms with van der Waals surface area (Å²) < 4.78 is 32.4. The first-order valence-corrected chi connectivity index (χ1v) is 10.8. The largest absolute Gasteiger partial charge is 0.481 e. The molecule has 2 atom stereocenters. The predicted molar refractivity (Wildman–Crippen MR) is 121 cm³/mol. The molecule has 0 radical (unpaired) electrons. The fourth-order valence-electron chi connectivity index (χ4n) is 3.67. The molecule has 2 aromatic carbocycles. The maximum atomic E-state index is 11.9. The van der Waals surface area contributed by atoms with E-state index >= 15 is 0 Å². The third-order valence-electron chi connectivity index (χ3n) is 4.77. The second-order valence-electron chi connectivity index (χ2n) is 7.87. The van der Waals surface area contributed by atoms with E-state index in [1.165, 1.54) is 58.9 Å². The van der Waals surface area contributed by atoms with Gasteiger partial charge in [0.1, 0.15) is 23.4 Å². The minimum absolute atomic E-state index is 0.0102. The van der Waals surface area contributed by atoms with Crippen molar-refractivity contribution in [3.63, 3.8) is 0 Å². The van der Waals surface area contributed by atoms with Gasteiger partial charge < -0.3 is 28.4 Å². The Morgan fingerprint density at radius 2 is 1.28 bits per heavy atom. The standard InChI is InChI=1S/C25H24O11/c1-12(26)31-18-9-21(33-14(3)28)19-11-24(35-16(5)30)25(36-22(19)10-18)17-6-7-20(32-13(2)27)23(8-17)34-15(4)29/h6-10,24-25H,11H2,1-5H3/t24-,25?/m1/s1. The Balaban J connectivity index is 2.11. The highest BCUT2D eigenvalue weighted by Crippen LogP contribution is 2.45. The summed E-state index contributed by atoms with van der Waals surface area (Å²) in [5.41, 5.74) is 0.839. The highest BCUT2D eigenvalue weighted by atomic mass is 16.6. The monoisotopic (exact) mass is 500 g/mol. The Morgan fingerprint density at radius 1 is 0.694 bits per heavy atom. The van der Waals surface area contributed by atoms with Crippen LogP contribution in [-0.4, -0.2) is 36.0 Å². The SMILES string of the molecule is CC(=O)Oc1cc(OC(C)=O)c2c(c1)OC(c1ccc(OC(C)=O)c(OC(C)=O)c1)[C@H](OC(C)=O)C2. The van der Waals surface area contributed by atoms with Gasteiger partial charge in [0, 0.05) is 64.3 Å². The Labute approximate surface area is 206 Å². The van der Waals surface area contributed by atoms with Gasteiger partial charge in [0.25, 0.3) is 0 Å². The van der Waals surface area contributed by atoms with Crippen molar-refractivity contribution >= 4 is 29.8 Å². The van der Waals surface area contributed by atoms with Gasteiger partial charge in [-0.2, -0.15) is 0 Å². The molecule has 11 nitrogen and oxygen atoms in total. The average molecular weight is 500 g/mol. The summed E-state index contributed by atoms with van der Waals surface area (Å²) in [6, 6.07) is 7.21. The minimum atomic E-state index is -0.917. The number of benzene rings is 2. The van der Waals surface area contributed by atoms with Gasteiger partial charge in [-0.15, -0.1) is 0 Å². The molecule has 0 fully saturated rings. The van der Waals surface area contributed by atoms with Gasteiger partial charge in [0.15, 0.2) is 17.6 Å². The van der Waals surface area contributed by atoms with Crippen molar-refractivity contribution in [3.8, 4) is 28.7 Å². The smallest absolute Gasteiger partial charge is 0.308 e. The van der Waals surface area contributed by atoms with E-state index in [0.717, 1.165) is 0 Å². The molecular weight excluding hydrogens is 476 g/mol. The second kappa shape index (κ2) is 10.9. The van der Waals surface area contributed by atoms with Crippen LogP contribution in [0.15, 0.2) is 30.3 Å². The van der Waals surface area contributed by atoms with Crippen molar-refractivity contribution in [2.45, 2.75) is 53.2 Å². The molecule has 0 N–H and O–H groups in total. The molecular formula is C25H24O11. The first-order chi connectivity index (χ1) is 16.9. The van der Waals surface area contributed by atoms with Crippen LogP contribution in [0.4, 0.5) is 0 Å². The number of hydrogen-bond donors (Lipinski definition) is 0. The number of ether oxygens (including phenoxy) is 6. The molecule has 0 amide bonds. The second-order valence-corrected chi connectivity index (χ2v) is 7.87. The molecule has 0 bridgehead atoms. The first kappa shape index (κ1) is 26.2. The van der Waals surface area contributed by atoms with Gasteiger partial charge in [-0.1, -0.05) is 6.07 Å². The quantitative estimate of drug-likeness (QED) is 0.427. The van der Waals surface area contributed by atoms with Crippen LogP contribution >= 0.6 is 0 Å². The van der Waals surface area contributed by atoms with E-state index in [4.69, 9.17) is 28.4 Å². The van der Waals surface area contributed by atoms with E-state index < -0.39 is 42.1 Å². The lowest BCUT2D eigenvalue weighted by atomic mass is 9.93. The number of esters is 5. The topological polar surface area (TPSA) is 141 Å². The van der Waals surface area contributed by atoms with Crippen molar-refractivity contribution in [1.82, 2.24) is 0 Å². The summed E-state index contributed by atoms with van der Waals surface area (Å²) in [4.78, 5) is 58.1. The van der Waals surface area contributed by atoms with Crippen LogP contribution < -0.4 is 23.7 Å². The molecule has 0 aromatic heterocycles. The van der Waals surface area contributed by atoms with Gasteiger partial charge in [-0.3, -0.25) is 24.0 Å². The van der Waals surface area contributed by atoms with Crippen molar-refractivity contribution in [3.05, 3.63) is 41.5 Å². The van der Waals surface area contributed by atoms with Gasteiger partial charge in [-0.05, 0) is 12.1 Å². The van der Waals surface area contributed by atoms with Gasteiger partial charge in [0.2, 0.25) is 0 Å². The van der Waals surface area contributed by atoms with Gasteiger partial charge in [-0.25, -0.2) is 0 Å². The van der Waals surface area contributed by atoms with Crippen molar-refractivity contribution in [1.29, 1.82) is 0 Å². The van der Waals surface area contributed by atoms with Gasteiger partial charge in [0.05, 0.1) is 0 Å². The van der Waals surface area contributed by atoms with Crippen LogP contribution in [0.5, 0.6) is 28.7 Å². The molecule has 36 heavy (non-hydrogen) atoms. The molecule has 0 aliphatic carbocycles. The summed E-state index contributed by atoms with van der Waals surface area (Å²) in [5, 5.41) is 0. The number of fused-ring (bicyclic) bond motifs is 1. The Morgan fingerprint density at radius 3 is 1.86 bits per heavy atom. The zero-order chi connectivity index (χ0) is 26.6. The molecule has 3 rings (SSSR count). The van der Waals surface area contributed by atoms with Crippen LogP contribution in [-0.2, 0) is 35.1 Å². The molecule has 1 aliphatic rings. The lowest BCUT2D eigenvalue weighted by Gasteiger charge is -2.34. The lowest BCUT2D eigenvalue weighted by Crippen LogP contribution is -2.34. The summed E-state index contributed by atoms with van der Waals surface area (Å²) in [7, 11) is 0. The zero-order valence-electron chi connectivity index (χ0n) is 20.2. The average Bonchev–Trinajstić information content (AvgIpc) is 2.73. The Kier molecular flexibility index (Phi) is 7.93. The van der Waals surface area contributed by atoms with E-state index in [1.54, 1.807) is 6.07 Å². The predicted octanol–water partition coefficient (Wildman–Crippen LogP) is 3.00. The number of hydrogen-bond acceptors (Lipinski definition) is 11. The van der Waals surface area contributed by atoms with E-state index in [1.807, 2.05) is 0 Å². The van der Waals surface area contributed by atoms with Crippen LogP contribution in [0.2, 0.25) is 0 Å². The third-order valence-corrected chi connectivity index (χ3v) is 4.77. The lowest BCUT2D eigenvalue weighted by molar-refractivity contribution is -0.152. The third kappa shape index (κ3) is 6.59. The fraction of sp³-hybridized carbons (Fsp3) is 0.320. The van der Waals surface area contributed by atoms with Crippen LogP contribution in [0.3, 0.4) is 0 Å².